The van der Waals surface area contributed by atoms with Crippen LogP contribution >= 0.6 is 0 Å². The van der Waals surface area contributed by atoms with Crippen molar-refractivity contribution in [2.75, 3.05) is 0 Å². The molecule has 0 saturated carbocycles. The van der Waals surface area contributed by atoms with Gasteiger partial charge in [0.05, 0.1) is 5.56 Å². The normalized spacial score (nSPS) is 11.4. The molecule has 3 N–H and O–H groups in total. The first-order valence-corrected chi connectivity index (χ1v) is 6.41. The average Bonchev–Trinajstić information content (AvgIpc) is 2.34. The van der Waals surface area contributed by atoms with E-state index >= 15 is 0 Å². The van der Waals surface area contributed by atoms with Gasteiger partial charge in [-0.1, -0.05) is 24.3 Å². The number of phenols is 1. The molecule has 7 nitrogen and oxygen atoms in total. The standard InChI is InChI=1S/C11H9NO6S/c13-10-6-8-4-2-1-3-7(8)5-9(10)11(14)12-18-19(15,16)17/h1-6,13H,(H,12,14)(H,15,16,17). The minimum Gasteiger partial charge on any atom is -0.507 e. The third-order valence-corrected chi connectivity index (χ3v) is 2.64. The molecule has 100 valence electrons. The number of fused-ring (bicyclic) bond motifs is 1. The van der Waals surface area contributed by atoms with Gasteiger partial charge >= 0.3 is 10.4 Å². The molecule has 0 aromatic heterocycles. The van der Waals surface area contributed by atoms with E-state index in [4.69, 9.17) is 4.55 Å². The van der Waals surface area contributed by atoms with Crippen molar-refractivity contribution < 1.29 is 27.2 Å². The van der Waals surface area contributed by atoms with Crippen LogP contribution in [-0.2, 0) is 14.7 Å². The second-order valence-electron chi connectivity index (χ2n) is 3.66. The van der Waals surface area contributed by atoms with E-state index in [1.165, 1.54) is 17.6 Å². The third kappa shape index (κ3) is 3.19. The number of amides is 1. The van der Waals surface area contributed by atoms with Crippen LogP contribution in [-0.4, -0.2) is 24.0 Å². The molecule has 1 amide bonds. The SMILES string of the molecule is O=C(NOS(=O)(=O)O)c1cc2ccccc2cc1O. The number of nitrogens with one attached hydrogen (secondary N) is 1. The monoisotopic (exact) mass is 283 g/mol. The second kappa shape index (κ2) is 4.84. The Morgan fingerprint density at radius 1 is 1.16 bits per heavy atom. The predicted octanol–water partition coefficient (Wildman–Crippen LogP) is 1.01. The fourth-order valence-corrected chi connectivity index (χ4v) is 1.74. The van der Waals surface area contributed by atoms with E-state index in [2.05, 4.69) is 4.28 Å². The number of carbonyl (C=O) groups is 1. The minimum atomic E-state index is -4.80. The van der Waals surface area contributed by atoms with E-state index in [9.17, 15) is 18.3 Å². The molecule has 0 spiro atoms. The van der Waals surface area contributed by atoms with Crippen molar-refractivity contribution in [3.8, 4) is 5.75 Å². The van der Waals surface area contributed by atoms with Crippen LogP contribution in [0.4, 0.5) is 0 Å². The van der Waals surface area contributed by atoms with Crippen LogP contribution in [0.15, 0.2) is 36.4 Å². The lowest BCUT2D eigenvalue weighted by atomic mass is 10.1. The molecule has 0 saturated heterocycles. The quantitative estimate of drug-likeness (QED) is 0.572. The van der Waals surface area contributed by atoms with E-state index in [0.29, 0.717) is 10.8 Å². The van der Waals surface area contributed by atoms with Gasteiger partial charge in [0.25, 0.3) is 5.91 Å². The molecule has 0 heterocycles. The van der Waals surface area contributed by atoms with Crippen molar-refractivity contribution in [2.45, 2.75) is 0 Å². The Balaban J connectivity index is 2.34. The number of aromatic hydroxyl groups is 1. The van der Waals surface area contributed by atoms with E-state index in [-0.39, 0.29) is 11.3 Å². The molecule has 0 bridgehead atoms. The molecule has 19 heavy (non-hydrogen) atoms. The first-order chi connectivity index (χ1) is 8.87. The van der Waals surface area contributed by atoms with E-state index in [1.54, 1.807) is 24.3 Å². The summed E-state index contributed by atoms with van der Waals surface area (Å²) in [6.45, 7) is 0. The van der Waals surface area contributed by atoms with Crippen molar-refractivity contribution in [2.24, 2.45) is 0 Å². The Labute approximate surface area is 108 Å². The van der Waals surface area contributed by atoms with Crippen LogP contribution < -0.4 is 5.48 Å². The van der Waals surface area contributed by atoms with Crippen LogP contribution in [0.3, 0.4) is 0 Å². The van der Waals surface area contributed by atoms with Gasteiger partial charge in [0.2, 0.25) is 0 Å². The smallest absolute Gasteiger partial charge is 0.418 e. The number of carbonyl (C=O) groups excluding carboxylic acids is 1. The Kier molecular flexibility index (Phi) is 3.38. The van der Waals surface area contributed by atoms with Crippen LogP contribution in [0, 0.1) is 0 Å². The van der Waals surface area contributed by atoms with Gasteiger partial charge in [-0.15, -0.1) is 4.28 Å². The topological polar surface area (TPSA) is 113 Å². The summed E-state index contributed by atoms with van der Waals surface area (Å²) in [7, 11) is -4.80. The zero-order valence-corrected chi connectivity index (χ0v) is 10.2. The van der Waals surface area contributed by atoms with E-state index in [1.807, 2.05) is 0 Å². The van der Waals surface area contributed by atoms with Crippen molar-refractivity contribution >= 4 is 27.1 Å². The van der Waals surface area contributed by atoms with Gasteiger partial charge < -0.3 is 5.11 Å². The van der Waals surface area contributed by atoms with Crippen LogP contribution in [0.25, 0.3) is 10.8 Å². The molecular formula is C11H9NO6S. The fourth-order valence-electron chi connectivity index (χ4n) is 1.56. The molecule has 0 unspecified atom stereocenters. The summed E-state index contributed by atoms with van der Waals surface area (Å²) in [5, 5.41) is 11.1. The van der Waals surface area contributed by atoms with Crippen molar-refractivity contribution in [1.82, 2.24) is 5.48 Å². The lowest BCUT2D eigenvalue weighted by Crippen LogP contribution is -2.26. The first kappa shape index (κ1) is 13.3. The molecule has 2 aromatic rings. The summed E-state index contributed by atoms with van der Waals surface area (Å²) in [6, 6.07) is 9.70. The second-order valence-corrected chi connectivity index (χ2v) is 4.68. The highest BCUT2D eigenvalue weighted by atomic mass is 32.3. The Morgan fingerprint density at radius 3 is 2.32 bits per heavy atom. The van der Waals surface area contributed by atoms with Crippen molar-refractivity contribution in [3.63, 3.8) is 0 Å². The molecule has 2 rings (SSSR count). The third-order valence-electron chi connectivity index (χ3n) is 2.35. The maximum atomic E-state index is 11.6. The average molecular weight is 283 g/mol. The first-order valence-electron chi connectivity index (χ1n) is 5.05. The molecule has 0 aliphatic rings. The molecule has 0 aliphatic heterocycles. The maximum absolute atomic E-state index is 11.6. The van der Waals surface area contributed by atoms with Gasteiger partial charge in [-0.05, 0) is 22.9 Å². The zero-order valence-electron chi connectivity index (χ0n) is 9.40. The lowest BCUT2D eigenvalue weighted by molar-refractivity contribution is 0.0740. The predicted molar refractivity (Wildman–Crippen MR) is 65.7 cm³/mol. The van der Waals surface area contributed by atoms with Crippen LogP contribution in [0.2, 0.25) is 0 Å². The molecule has 0 aliphatic carbocycles. The molecular weight excluding hydrogens is 274 g/mol. The van der Waals surface area contributed by atoms with E-state index in [0.717, 1.165) is 0 Å². The van der Waals surface area contributed by atoms with Gasteiger partial charge in [0.15, 0.2) is 0 Å². The van der Waals surface area contributed by atoms with Crippen molar-refractivity contribution in [3.05, 3.63) is 42.0 Å². The molecule has 2 aromatic carbocycles. The van der Waals surface area contributed by atoms with Gasteiger partial charge in [-0.3, -0.25) is 9.35 Å². The van der Waals surface area contributed by atoms with Gasteiger partial charge in [0.1, 0.15) is 5.75 Å². The number of hydrogen-bond acceptors (Lipinski definition) is 5. The summed E-state index contributed by atoms with van der Waals surface area (Å²) >= 11 is 0. The zero-order chi connectivity index (χ0) is 14.0. The summed E-state index contributed by atoms with van der Waals surface area (Å²) in [4.78, 5) is 11.6. The molecule has 0 fully saturated rings. The number of phenolic OH excluding ortho intramolecular Hbond substituents is 1. The lowest BCUT2D eigenvalue weighted by Gasteiger charge is -2.06. The van der Waals surface area contributed by atoms with Gasteiger partial charge in [0, 0.05) is 0 Å². The summed E-state index contributed by atoms with van der Waals surface area (Å²) < 4.78 is 32.7. The van der Waals surface area contributed by atoms with Crippen LogP contribution in [0.5, 0.6) is 5.75 Å². The Bertz CT molecular complexity index is 740. The maximum Gasteiger partial charge on any atom is 0.418 e. The number of benzene rings is 2. The highest BCUT2D eigenvalue weighted by molar-refractivity contribution is 7.80. The fraction of sp³-hybridized carbons (Fsp3) is 0. The molecule has 8 heteroatoms. The largest absolute Gasteiger partial charge is 0.507 e. The van der Waals surface area contributed by atoms with Gasteiger partial charge in [-0.2, -0.15) is 8.42 Å². The highest BCUT2D eigenvalue weighted by Crippen LogP contribution is 2.24. The summed E-state index contributed by atoms with van der Waals surface area (Å²) in [6.07, 6.45) is 0. The van der Waals surface area contributed by atoms with Gasteiger partial charge in [-0.25, -0.2) is 5.48 Å². The number of hydroxylamine groups is 1. The summed E-state index contributed by atoms with van der Waals surface area (Å²) in [5.74, 6) is -1.34. The van der Waals surface area contributed by atoms with E-state index < -0.39 is 16.3 Å². The number of rotatable bonds is 3. The highest BCUT2D eigenvalue weighted by Gasteiger charge is 2.15. The molecule has 0 radical (unpaired) electrons. The Morgan fingerprint density at radius 2 is 1.74 bits per heavy atom. The molecule has 0 atom stereocenters. The van der Waals surface area contributed by atoms with Crippen molar-refractivity contribution in [1.29, 1.82) is 0 Å². The van der Waals surface area contributed by atoms with Crippen LogP contribution in [0.1, 0.15) is 10.4 Å². The Hall–Kier alpha value is -2.16. The number of hydrogen-bond donors (Lipinski definition) is 3. The minimum absolute atomic E-state index is 0.178. The summed E-state index contributed by atoms with van der Waals surface area (Å²) in [5.41, 5.74) is 1.33.